The second kappa shape index (κ2) is 6.99. The van der Waals surface area contributed by atoms with Crippen LogP contribution in [0, 0.1) is 5.92 Å². The fourth-order valence-electron chi connectivity index (χ4n) is 1.67. The molecule has 18 heavy (non-hydrogen) atoms. The Hall–Kier alpha value is -1.58. The summed E-state index contributed by atoms with van der Waals surface area (Å²) in [5.74, 6) is 0.537. The minimum atomic E-state index is -0.169. The van der Waals surface area contributed by atoms with Crippen LogP contribution in [0.15, 0.2) is 23.1 Å². The Morgan fingerprint density at radius 3 is 2.72 bits per heavy atom. The molecule has 4 nitrogen and oxygen atoms in total. The summed E-state index contributed by atoms with van der Waals surface area (Å²) in [5.41, 5.74) is 0.268. The Balaban J connectivity index is 2.36. The number of hydrogen-bond donors (Lipinski definition) is 1. The van der Waals surface area contributed by atoms with Crippen LogP contribution in [0.5, 0.6) is 0 Å². The van der Waals surface area contributed by atoms with Crippen molar-refractivity contribution in [1.82, 2.24) is 9.88 Å². The molecule has 0 aromatic carbocycles. The van der Waals surface area contributed by atoms with E-state index in [2.05, 4.69) is 19.2 Å². The van der Waals surface area contributed by atoms with Crippen LogP contribution < -0.4 is 10.9 Å². The third kappa shape index (κ3) is 4.73. The lowest BCUT2D eigenvalue weighted by Gasteiger charge is -2.07. The average molecular weight is 250 g/mol. The molecule has 0 aliphatic carbocycles. The zero-order valence-electron chi connectivity index (χ0n) is 11.4. The van der Waals surface area contributed by atoms with Gasteiger partial charge < -0.3 is 9.88 Å². The zero-order valence-corrected chi connectivity index (χ0v) is 11.4. The number of rotatable bonds is 6. The molecule has 1 aromatic heterocycles. The first-order chi connectivity index (χ1) is 8.50. The summed E-state index contributed by atoms with van der Waals surface area (Å²) in [5, 5.41) is 2.83. The summed E-state index contributed by atoms with van der Waals surface area (Å²) < 4.78 is 1.44. The summed E-state index contributed by atoms with van der Waals surface area (Å²) in [6, 6.07) is 3.02. The smallest absolute Gasteiger partial charge is 0.251 e. The van der Waals surface area contributed by atoms with Gasteiger partial charge in [-0.2, -0.15) is 0 Å². The lowest BCUT2D eigenvalue weighted by Crippen LogP contribution is -2.26. The van der Waals surface area contributed by atoms with Gasteiger partial charge in [-0.25, -0.2) is 0 Å². The third-order valence-corrected chi connectivity index (χ3v) is 2.86. The molecule has 0 radical (unpaired) electrons. The van der Waals surface area contributed by atoms with Crippen LogP contribution in [0.25, 0.3) is 0 Å². The largest absolute Gasteiger partial charge is 0.352 e. The molecule has 1 N–H and O–H groups in total. The van der Waals surface area contributed by atoms with Gasteiger partial charge in [0.1, 0.15) is 0 Å². The van der Waals surface area contributed by atoms with Crippen LogP contribution in [0.1, 0.15) is 43.5 Å². The molecule has 0 aliphatic heterocycles. The number of unbranched alkanes of at least 4 members (excludes halogenated alkanes) is 1. The average Bonchev–Trinajstić information content (AvgIpc) is 2.31. The van der Waals surface area contributed by atoms with Crippen molar-refractivity contribution in [2.24, 2.45) is 13.0 Å². The zero-order chi connectivity index (χ0) is 13.5. The van der Waals surface area contributed by atoms with Crippen LogP contribution in [0.2, 0.25) is 0 Å². The normalized spacial score (nSPS) is 10.7. The van der Waals surface area contributed by atoms with Crippen LogP contribution in [0.4, 0.5) is 0 Å². The predicted octanol–water partition coefficient (Wildman–Crippen LogP) is 1.94. The molecule has 0 spiro atoms. The second-order valence-electron chi connectivity index (χ2n) is 5.01. The van der Waals surface area contributed by atoms with Gasteiger partial charge in [-0.1, -0.05) is 26.7 Å². The van der Waals surface area contributed by atoms with Gasteiger partial charge in [0, 0.05) is 31.4 Å². The Labute approximate surface area is 108 Å². The number of carbonyl (C=O) groups is 1. The molecule has 0 bridgehead atoms. The van der Waals surface area contributed by atoms with Crippen molar-refractivity contribution < 1.29 is 4.79 Å². The van der Waals surface area contributed by atoms with E-state index in [1.165, 1.54) is 17.1 Å². The minimum Gasteiger partial charge on any atom is -0.352 e. The molecule has 1 rings (SSSR count). The molecule has 0 saturated heterocycles. The van der Waals surface area contributed by atoms with E-state index < -0.39 is 0 Å². The number of aryl methyl sites for hydroxylation is 1. The fraction of sp³-hybridized carbons (Fsp3) is 0.571. The van der Waals surface area contributed by atoms with Gasteiger partial charge in [-0.3, -0.25) is 9.59 Å². The topological polar surface area (TPSA) is 51.1 Å². The molecule has 100 valence electrons. The van der Waals surface area contributed by atoms with E-state index >= 15 is 0 Å². The molecular weight excluding hydrogens is 228 g/mol. The maximum atomic E-state index is 11.7. The van der Waals surface area contributed by atoms with Crippen molar-refractivity contribution in [1.29, 1.82) is 0 Å². The number of aromatic nitrogens is 1. The van der Waals surface area contributed by atoms with Crippen molar-refractivity contribution in [3.63, 3.8) is 0 Å². The lowest BCUT2D eigenvalue weighted by molar-refractivity contribution is 0.0952. The number of hydrogen-bond acceptors (Lipinski definition) is 2. The molecule has 0 fully saturated rings. The number of amides is 1. The van der Waals surface area contributed by atoms with Crippen LogP contribution >= 0.6 is 0 Å². The minimum absolute atomic E-state index is 0.164. The van der Waals surface area contributed by atoms with Gasteiger partial charge >= 0.3 is 0 Å². The van der Waals surface area contributed by atoms with E-state index in [0.717, 1.165) is 12.8 Å². The highest BCUT2D eigenvalue weighted by molar-refractivity contribution is 5.93. The Morgan fingerprint density at radius 1 is 1.39 bits per heavy atom. The molecule has 0 unspecified atom stereocenters. The van der Waals surface area contributed by atoms with E-state index in [9.17, 15) is 9.59 Å². The van der Waals surface area contributed by atoms with Crippen molar-refractivity contribution in [2.45, 2.75) is 33.1 Å². The van der Waals surface area contributed by atoms with Gasteiger partial charge in [0.05, 0.1) is 0 Å². The molecule has 1 heterocycles. The van der Waals surface area contributed by atoms with Gasteiger partial charge in [0.2, 0.25) is 0 Å². The Kier molecular flexibility index (Phi) is 5.62. The Bertz CT molecular complexity index is 449. The number of pyridine rings is 1. The van der Waals surface area contributed by atoms with E-state index in [-0.39, 0.29) is 11.5 Å². The highest BCUT2D eigenvalue weighted by atomic mass is 16.2. The molecule has 4 heteroatoms. The number of nitrogens with one attached hydrogen (secondary N) is 1. The summed E-state index contributed by atoms with van der Waals surface area (Å²) in [7, 11) is 1.66. The Morgan fingerprint density at radius 2 is 2.11 bits per heavy atom. The molecule has 0 aliphatic rings. The third-order valence-electron chi connectivity index (χ3n) is 2.86. The van der Waals surface area contributed by atoms with E-state index in [0.29, 0.717) is 18.0 Å². The van der Waals surface area contributed by atoms with Crippen molar-refractivity contribution in [3.05, 3.63) is 34.2 Å². The standard InChI is InChI=1S/C14H22N2O2/c1-11(2)6-4-5-8-15-14(18)12-7-9-16(3)13(17)10-12/h7,9-11H,4-6,8H2,1-3H3,(H,15,18). The highest BCUT2D eigenvalue weighted by Crippen LogP contribution is 2.05. The van der Waals surface area contributed by atoms with Gasteiger partial charge in [-0.05, 0) is 18.4 Å². The monoisotopic (exact) mass is 250 g/mol. The molecular formula is C14H22N2O2. The van der Waals surface area contributed by atoms with Gasteiger partial charge in [0.15, 0.2) is 0 Å². The van der Waals surface area contributed by atoms with Crippen molar-refractivity contribution in [2.75, 3.05) is 6.54 Å². The van der Waals surface area contributed by atoms with E-state index in [1.807, 2.05) is 0 Å². The molecule has 1 aromatic rings. The summed E-state index contributed by atoms with van der Waals surface area (Å²) in [4.78, 5) is 23.1. The van der Waals surface area contributed by atoms with E-state index in [4.69, 9.17) is 0 Å². The first-order valence-electron chi connectivity index (χ1n) is 6.45. The summed E-state index contributed by atoms with van der Waals surface area (Å²) in [6.07, 6.45) is 4.89. The highest BCUT2D eigenvalue weighted by Gasteiger charge is 2.05. The van der Waals surface area contributed by atoms with Crippen molar-refractivity contribution in [3.8, 4) is 0 Å². The summed E-state index contributed by atoms with van der Waals surface area (Å²) in [6.45, 7) is 5.05. The fourth-order valence-corrected chi connectivity index (χ4v) is 1.67. The first-order valence-corrected chi connectivity index (χ1v) is 6.45. The lowest BCUT2D eigenvalue weighted by atomic mass is 10.1. The number of carbonyl (C=O) groups excluding carboxylic acids is 1. The van der Waals surface area contributed by atoms with Gasteiger partial charge in [-0.15, -0.1) is 0 Å². The van der Waals surface area contributed by atoms with Crippen molar-refractivity contribution >= 4 is 5.91 Å². The van der Waals surface area contributed by atoms with Crippen LogP contribution in [0.3, 0.4) is 0 Å². The SMILES string of the molecule is CC(C)CCCCNC(=O)c1ccn(C)c(=O)c1. The molecule has 1 amide bonds. The second-order valence-corrected chi connectivity index (χ2v) is 5.01. The molecule has 0 saturated carbocycles. The van der Waals surface area contributed by atoms with Crippen LogP contribution in [-0.4, -0.2) is 17.0 Å². The maximum absolute atomic E-state index is 11.7. The number of nitrogens with zero attached hydrogens (tertiary/aromatic N) is 1. The predicted molar refractivity (Wildman–Crippen MR) is 72.7 cm³/mol. The first kappa shape index (κ1) is 14.5. The molecule has 0 atom stereocenters. The maximum Gasteiger partial charge on any atom is 0.251 e. The van der Waals surface area contributed by atoms with Gasteiger partial charge in [0.25, 0.3) is 11.5 Å². The summed E-state index contributed by atoms with van der Waals surface area (Å²) >= 11 is 0. The van der Waals surface area contributed by atoms with Crippen LogP contribution in [-0.2, 0) is 7.05 Å². The van der Waals surface area contributed by atoms with E-state index in [1.54, 1.807) is 19.3 Å². The quantitative estimate of drug-likeness (QED) is 0.784.